The lowest BCUT2D eigenvalue weighted by atomic mass is 10.0. The predicted molar refractivity (Wildman–Crippen MR) is 116 cm³/mol. The molecular formula is C22H20F3N7O. The Morgan fingerprint density at radius 3 is 2.36 bits per heavy atom. The van der Waals surface area contributed by atoms with E-state index in [2.05, 4.69) is 30.9 Å². The molecule has 0 saturated heterocycles. The van der Waals surface area contributed by atoms with Crippen LogP contribution in [0.2, 0.25) is 0 Å². The summed E-state index contributed by atoms with van der Waals surface area (Å²) in [4.78, 5) is 17.1. The standard InChI is InChI=1S/C22H20F3N7O/c1-13-11-16(22(23,24)25)12-14(2)19(13)27-20-21(33)32(10-9-26-20)17-6-3-15(4-7-17)5-8-18-28-30-31-29-18/h3-4,6-7,9-12H,5,8H2,1-2H3,(H,26,27)(H,28,29,30,31). The zero-order chi connectivity index (χ0) is 23.6. The number of aromatic nitrogens is 6. The van der Waals surface area contributed by atoms with Crippen molar-refractivity contribution in [3.63, 3.8) is 0 Å². The molecule has 0 saturated carbocycles. The summed E-state index contributed by atoms with van der Waals surface area (Å²) < 4.78 is 40.6. The number of aromatic amines is 1. The molecule has 0 atom stereocenters. The van der Waals surface area contributed by atoms with E-state index in [0.29, 0.717) is 41.2 Å². The van der Waals surface area contributed by atoms with Crippen LogP contribution in [0.5, 0.6) is 0 Å². The van der Waals surface area contributed by atoms with E-state index in [1.165, 1.54) is 17.0 Å². The normalized spacial score (nSPS) is 11.5. The van der Waals surface area contributed by atoms with Crippen molar-refractivity contribution in [2.45, 2.75) is 32.9 Å². The molecule has 0 radical (unpaired) electrons. The molecule has 33 heavy (non-hydrogen) atoms. The minimum absolute atomic E-state index is 0.0182. The van der Waals surface area contributed by atoms with Crippen LogP contribution in [0.25, 0.3) is 5.69 Å². The number of benzene rings is 2. The molecule has 8 nitrogen and oxygen atoms in total. The fraction of sp³-hybridized carbons (Fsp3) is 0.227. The number of aryl methyl sites for hydroxylation is 4. The van der Waals surface area contributed by atoms with Crippen LogP contribution in [-0.4, -0.2) is 30.2 Å². The molecule has 170 valence electrons. The molecule has 0 aliphatic rings. The number of nitrogens with zero attached hydrogens (tertiary/aromatic N) is 5. The van der Waals surface area contributed by atoms with Gasteiger partial charge in [0.25, 0.3) is 5.56 Å². The largest absolute Gasteiger partial charge is 0.416 e. The Balaban J connectivity index is 1.57. The predicted octanol–water partition coefficient (Wildman–Crippen LogP) is 3.91. The summed E-state index contributed by atoms with van der Waals surface area (Å²) in [5, 5.41) is 16.7. The van der Waals surface area contributed by atoms with Gasteiger partial charge in [0.1, 0.15) is 0 Å². The highest BCUT2D eigenvalue weighted by Crippen LogP contribution is 2.34. The lowest BCUT2D eigenvalue weighted by molar-refractivity contribution is -0.137. The van der Waals surface area contributed by atoms with Gasteiger partial charge in [0, 0.05) is 30.2 Å². The van der Waals surface area contributed by atoms with Gasteiger partial charge in [-0.2, -0.15) is 18.4 Å². The van der Waals surface area contributed by atoms with Gasteiger partial charge in [-0.05, 0) is 61.2 Å². The number of rotatable bonds is 6. The monoisotopic (exact) mass is 455 g/mol. The number of H-pyrrole nitrogens is 1. The van der Waals surface area contributed by atoms with Crippen molar-refractivity contribution in [2.24, 2.45) is 0 Å². The van der Waals surface area contributed by atoms with Crippen LogP contribution in [0.3, 0.4) is 0 Å². The van der Waals surface area contributed by atoms with Gasteiger partial charge in [0.05, 0.1) is 5.56 Å². The third kappa shape index (κ3) is 4.92. The number of hydrogen-bond acceptors (Lipinski definition) is 6. The Labute approximate surface area is 186 Å². The Bertz CT molecular complexity index is 1290. The maximum absolute atomic E-state index is 13.1. The lowest BCUT2D eigenvalue weighted by Gasteiger charge is -2.16. The quantitative estimate of drug-likeness (QED) is 0.457. The molecule has 11 heteroatoms. The van der Waals surface area contributed by atoms with Crippen molar-refractivity contribution < 1.29 is 13.2 Å². The van der Waals surface area contributed by atoms with Crippen LogP contribution in [0.1, 0.15) is 28.1 Å². The highest BCUT2D eigenvalue weighted by molar-refractivity contribution is 5.65. The van der Waals surface area contributed by atoms with Gasteiger partial charge < -0.3 is 5.32 Å². The summed E-state index contributed by atoms with van der Waals surface area (Å²) in [6.07, 6.45) is -0.101. The van der Waals surface area contributed by atoms with Crippen molar-refractivity contribution >= 4 is 11.5 Å². The maximum Gasteiger partial charge on any atom is 0.416 e. The van der Waals surface area contributed by atoms with E-state index in [-0.39, 0.29) is 5.82 Å². The summed E-state index contributed by atoms with van der Waals surface area (Å²) in [6, 6.07) is 9.52. The Hall–Kier alpha value is -4.02. The first-order valence-electron chi connectivity index (χ1n) is 10.1. The number of tetrazole rings is 1. The van der Waals surface area contributed by atoms with Gasteiger partial charge in [-0.25, -0.2) is 4.98 Å². The van der Waals surface area contributed by atoms with E-state index in [1.807, 2.05) is 24.3 Å². The summed E-state index contributed by atoms with van der Waals surface area (Å²) >= 11 is 0. The summed E-state index contributed by atoms with van der Waals surface area (Å²) in [7, 11) is 0. The average Bonchev–Trinajstić information content (AvgIpc) is 3.29. The zero-order valence-electron chi connectivity index (χ0n) is 17.8. The molecule has 2 aromatic carbocycles. The molecule has 2 N–H and O–H groups in total. The summed E-state index contributed by atoms with van der Waals surface area (Å²) in [5.41, 5.74) is 1.67. The van der Waals surface area contributed by atoms with Gasteiger partial charge in [0.15, 0.2) is 11.6 Å². The van der Waals surface area contributed by atoms with Crippen LogP contribution < -0.4 is 10.9 Å². The smallest absolute Gasteiger partial charge is 0.335 e. The third-order valence-corrected chi connectivity index (χ3v) is 5.19. The summed E-state index contributed by atoms with van der Waals surface area (Å²) in [6.45, 7) is 3.11. The number of halogens is 3. The van der Waals surface area contributed by atoms with E-state index >= 15 is 0 Å². The second kappa shape index (κ2) is 8.85. The topological polar surface area (TPSA) is 101 Å². The van der Waals surface area contributed by atoms with Crippen LogP contribution >= 0.6 is 0 Å². The van der Waals surface area contributed by atoms with Gasteiger partial charge in [-0.1, -0.05) is 17.3 Å². The summed E-state index contributed by atoms with van der Waals surface area (Å²) in [5.74, 6) is 0.638. The van der Waals surface area contributed by atoms with Crippen LogP contribution in [-0.2, 0) is 19.0 Å². The maximum atomic E-state index is 13.1. The van der Waals surface area contributed by atoms with E-state index in [9.17, 15) is 18.0 Å². The van der Waals surface area contributed by atoms with Crippen LogP contribution in [0, 0.1) is 13.8 Å². The molecule has 0 aliphatic carbocycles. The first-order valence-corrected chi connectivity index (χ1v) is 10.1. The fourth-order valence-electron chi connectivity index (χ4n) is 3.51. The molecule has 0 fully saturated rings. The third-order valence-electron chi connectivity index (χ3n) is 5.19. The molecule has 4 rings (SSSR count). The minimum Gasteiger partial charge on any atom is -0.335 e. The first-order chi connectivity index (χ1) is 15.7. The molecule has 0 amide bonds. The van der Waals surface area contributed by atoms with Crippen molar-refractivity contribution in [1.82, 2.24) is 30.2 Å². The van der Waals surface area contributed by atoms with E-state index in [0.717, 1.165) is 17.7 Å². The van der Waals surface area contributed by atoms with Crippen molar-refractivity contribution in [2.75, 3.05) is 5.32 Å². The number of anilines is 2. The number of hydrogen-bond donors (Lipinski definition) is 2. The Kier molecular flexibility index (Phi) is 5.95. The molecular weight excluding hydrogens is 435 g/mol. The fourth-order valence-corrected chi connectivity index (χ4v) is 3.51. The Morgan fingerprint density at radius 1 is 1.06 bits per heavy atom. The molecule has 0 bridgehead atoms. The van der Waals surface area contributed by atoms with Crippen molar-refractivity contribution in [3.05, 3.63) is 87.2 Å². The minimum atomic E-state index is -4.44. The zero-order valence-corrected chi connectivity index (χ0v) is 17.8. The molecule has 0 unspecified atom stereocenters. The molecule has 4 aromatic rings. The van der Waals surface area contributed by atoms with Crippen LogP contribution in [0.15, 0.2) is 53.6 Å². The van der Waals surface area contributed by atoms with Gasteiger partial charge in [-0.3, -0.25) is 9.36 Å². The second-order valence-electron chi connectivity index (χ2n) is 7.55. The van der Waals surface area contributed by atoms with Crippen molar-refractivity contribution in [1.29, 1.82) is 0 Å². The van der Waals surface area contributed by atoms with Gasteiger partial charge in [-0.15, -0.1) is 10.2 Å². The van der Waals surface area contributed by atoms with E-state index in [1.54, 1.807) is 13.8 Å². The highest BCUT2D eigenvalue weighted by atomic mass is 19.4. The van der Waals surface area contributed by atoms with Gasteiger partial charge >= 0.3 is 6.18 Å². The van der Waals surface area contributed by atoms with E-state index < -0.39 is 17.3 Å². The van der Waals surface area contributed by atoms with Crippen LogP contribution in [0.4, 0.5) is 24.7 Å². The van der Waals surface area contributed by atoms with E-state index in [4.69, 9.17) is 0 Å². The molecule has 0 aliphatic heterocycles. The second-order valence-corrected chi connectivity index (χ2v) is 7.55. The number of nitrogens with one attached hydrogen (secondary N) is 2. The average molecular weight is 455 g/mol. The lowest BCUT2D eigenvalue weighted by Crippen LogP contribution is -2.22. The first kappa shape index (κ1) is 22.2. The number of alkyl halides is 3. The van der Waals surface area contributed by atoms with Gasteiger partial charge in [0.2, 0.25) is 0 Å². The Morgan fingerprint density at radius 2 is 1.76 bits per heavy atom. The highest BCUT2D eigenvalue weighted by Gasteiger charge is 2.31. The SMILES string of the molecule is Cc1cc(C(F)(F)F)cc(C)c1Nc1nccn(-c2ccc(CCc3nn[nH]n3)cc2)c1=O. The van der Waals surface area contributed by atoms with Crippen molar-refractivity contribution in [3.8, 4) is 5.69 Å². The molecule has 2 heterocycles. The molecule has 2 aromatic heterocycles. The molecule has 0 spiro atoms.